The number of para-hydroxylation sites is 1. The van der Waals surface area contributed by atoms with E-state index in [1.54, 1.807) is 0 Å². The summed E-state index contributed by atoms with van der Waals surface area (Å²) in [5.41, 5.74) is 3.09. The highest BCUT2D eigenvalue weighted by atomic mass is 127. The van der Waals surface area contributed by atoms with Crippen LogP contribution < -0.4 is 28.5 Å². The number of carbonyl (C=O) groups excluding carboxylic acids is 1. The molecule has 4 rings (SSSR count). The first-order chi connectivity index (χ1) is 12.3. The number of benzene rings is 2. The lowest BCUT2D eigenvalue weighted by molar-refractivity contribution is -0.683. The fourth-order valence-electron chi connectivity index (χ4n) is 3.17. The minimum Gasteiger partial charge on any atom is -1.00 e. The van der Waals surface area contributed by atoms with Crippen LogP contribution in [0.5, 0.6) is 0 Å². The zero-order valence-electron chi connectivity index (χ0n) is 14.3. The van der Waals surface area contributed by atoms with Gasteiger partial charge in [-0.3, -0.25) is 4.79 Å². The second-order valence-corrected chi connectivity index (χ2v) is 6.14. The maximum Gasteiger partial charge on any atom is 0.229 e. The van der Waals surface area contributed by atoms with Crippen molar-refractivity contribution in [3.63, 3.8) is 0 Å². The van der Waals surface area contributed by atoms with Gasteiger partial charge in [-0.05, 0) is 11.6 Å². The van der Waals surface area contributed by atoms with Crippen LogP contribution in [0.2, 0.25) is 0 Å². The van der Waals surface area contributed by atoms with E-state index in [0.717, 1.165) is 23.0 Å². The molecule has 0 aliphatic rings. The minimum absolute atomic E-state index is 0. The summed E-state index contributed by atoms with van der Waals surface area (Å²) in [6, 6.07) is 24.2. The SMILES string of the molecule is O=C(C[n+]1ccccc1)c1cn(Cc2ccccc2)c2ccccc12.[I-]. The monoisotopic (exact) mass is 454 g/mol. The van der Waals surface area contributed by atoms with Crippen LogP contribution in [0.15, 0.2) is 91.4 Å². The molecular weight excluding hydrogens is 435 g/mol. The first kappa shape index (κ1) is 18.3. The molecule has 4 aromatic rings. The van der Waals surface area contributed by atoms with Crippen molar-refractivity contribution in [1.82, 2.24) is 4.57 Å². The van der Waals surface area contributed by atoms with Crippen molar-refractivity contribution in [2.24, 2.45) is 0 Å². The Kier molecular flexibility index (Phi) is 5.83. The number of aromatic nitrogens is 2. The van der Waals surface area contributed by atoms with Gasteiger partial charge in [0.15, 0.2) is 12.4 Å². The van der Waals surface area contributed by atoms with Crippen LogP contribution in [0.4, 0.5) is 0 Å². The smallest absolute Gasteiger partial charge is 0.229 e. The van der Waals surface area contributed by atoms with Crippen molar-refractivity contribution in [2.75, 3.05) is 0 Å². The maximum atomic E-state index is 12.9. The molecular formula is C22H19IN2O. The molecule has 0 fully saturated rings. The highest BCUT2D eigenvalue weighted by molar-refractivity contribution is 6.07. The molecule has 0 amide bonds. The molecule has 0 bridgehead atoms. The number of carbonyl (C=O) groups is 1. The van der Waals surface area contributed by atoms with Gasteiger partial charge in [-0.25, -0.2) is 0 Å². The van der Waals surface area contributed by atoms with Crippen LogP contribution in [-0.2, 0) is 13.1 Å². The minimum atomic E-state index is 0. The zero-order valence-corrected chi connectivity index (χ0v) is 16.4. The quantitative estimate of drug-likeness (QED) is 0.250. The average Bonchev–Trinajstić information content (AvgIpc) is 3.02. The van der Waals surface area contributed by atoms with Crippen LogP contribution >= 0.6 is 0 Å². The van der Waals surface area contributed by atoms with E-state index in [-0.39, 0.29) is 29.8 Å². The lowest BCUT2D eigenvalue weighted by Crippen LogP contribution is -3.00. The number of pyridine rings is 1. The molecule has 0 saturated carbocycles. The molecule has 2 heterocycles. The molecule has 0 spiro atoms. The van der Waals surface area contributed by atoms with E-state index in [1.807, 2.05) is 77.8 Å². The maximum absolute atomic E-state index is 12.9. The van der Waals surface area contributed by atoms with Gasteiger partial charge in [0.05, 0.1) is 0 Å². The summed E-state index contributed by atoms with van der Waals surface area (Å²) in [5.74, 6) is 0.124. The topological polar surface area (TPSA) is 25.9 Å². The van der Waals surface area contributed by atoms with Gasteiger partial charge in [-0.2, -0.15) is 4.57 Å². The van der Waals surface area contributed by atoms with Crippen LogP contribution in [0, 0.1) is 0 Å². The number of rotatable bonds is 5. The lowest BCUT2D eigenvalue weighted by Gasteiger charge is -2.05. The van der Waals surface area contributed by atoms with Crippen molar-refractivity contribution in [2.45, 2.75) is 13.1 Å². The Labute approximate surface area is 169 Å². The highest BCUT2D eigenvalue weighted by Crippen LogP contribution is 2.23. The molecule has 0 N–H and O–H groups in total. The molecule has 0 radical (unpaired) electrons. The molecule has 0 atom stereocenters. The van der Waals surface area contributed by atoms with Crippen LogP contribution in [0.3, 0.4) is 0 Å². The van der Waals surface area contributed by atoms with E-state index in [4.69, 9.17) is 0 Å². The summed E-state index contributed by atoms with van der Waals surface area (Å²) in [7, 11) is 0. The summed E-state index contributed by atoms with van der Waals surface area (Å²) in [5, 5.41) is 1.01. The Hall–Kier alpha value is -2.47. The van der Waals surface area contributed by atoms with Crippen molar-refractivity contribution < 1.29 is 33.3 Å². The first-order valence-electron chi connectivity index (χ1n) is 8.40. The molecule has 0 aliphatic heterocycles. The van der Waals surface area contributed by atoms with E-state index < -0.39 is 0 Å². The number of nitrogens with zero attached hydrogens (tertiary/aromatic N) is 2. The zero-order chi connectivity index (χ0) is 17.1. The summed E-state index contributed by atoms with van der Waals surface area (Å²) in [4.78, 5) is 12.9. The molecule has 130 valence electrons. The van der Waals surface area contributed by atoms with Gasteiger partial charge in [0, 0.05) is 41.3 Å². The van der Waals surface area contributed by atoms with E-state index in [1.165, 1.54) is 5.56 Å². The predicted octanol–water partition coefficient (Wildman–Crippen LogP) is 0.864. The Morgan fingerprint density at radius 3 is 2.27 bits per heavy atom. The van der Waals surface area contributed by atoms with Gasteiger partial charge >= 0.3 is 0 Å². The normalized spacial score (nSPS) is 10.5. The summed E-state index contributed by atoms with van der Waals surface area (Å²) >= 11 is 0. The third-order valence-electron chi connectivity index (χ3n) is 4.39. The fraction of sp³-hybridized carbons (Fsp3) is 0.0909. The first-order valence-corrected chi connectivity index (χ1v) is 8.40. The Bertz CT molecular complexity index is 1010. The standard InChI is InChI=1S/C22H19N2O.HI/c25-22(17-23-13-7-2-8-14-23)20-16-24(15-18-9-3-1-4-10-18)21-12-6-5-11-19(20)21;/h1-14,16H,15,17H2;1H/q+1;/p-1. The van der Waals surface area contributed by atoms with Gasteiger partial charge in [0.1, 0.15) is 0 Å². The van der Waals surface area contributed by atoms with Crippen LogP contribution in [-0.4, -0.2) is 10.4 Å². The Morgan fingerprint density at radius 1 is 0.846 bits per heavy atom. The molecule has 2 aromatic heterocycles. The Morgan fingerprint density at radius 2 is 1.50 bits per heavy atom. The average molecular weight is 454 g/mol. The van der Waals surface area contributed by atoms with Crippen LogP contribution in [0.25, 0.3) is 10.9 Å². The molecule has 0 aliphatic carbocycles. The lowest BCUT2D eigenvalue weighted by atomic mass is 10.1. The number of hydrogen-bond acceptors (Lipinski definition) is 1. The number of halogens is 1. The van der Waals surface area contributed by atoms with Gasteiger partial charge in [-0.15, -0.1) is 0 Å². The third-order valence-corrected chi connectivity index (χ3v) is 4.39. The fourth-order valence-corrected chi connectivity index (χ4v) is 3.17. The summed E-state index contributed by atoms with van der Waals surface area (Å²) < 4.78 is 4.07. The molecule has 2 aromatic carbocycles. The Balaban J connectivity index is 0.00000196. The van der Waals surface area contributed by atoms with Gasteiger partial charge in [0.25, 0.3) is 0 Å². The molecule has 26 heavy (non-hydrogen) atoms. The molecule has 0 saturated heterocycles. The number of ketones is 1. The van der Waals surface area contributed by atoms with E-state index >= 15 is 0 Å². The molecule has 3 nitrogen and oxygen atoms in total. The van der Waals surface area contributed by atoms with E-state index in [9.17, 15) is 4.79 Å². The van der Waals surface area contributed by atoms with Crippen molar-refractivity contribution in [1.29, 1.82) is 0 Å². The third kappa shape index (κ3) is 3.85. The largest absolute Gasteiger partial charge is 1.00 e. The number of fused-ring (bicyclic) bond motifs is 1. The summed E-state index contributed by atoms with van der Waals surface area (Å²) in [6.07, 6.45) is 5.83. The van der Waals surface area contributed by atoms with Crippen molar-refractivity contribution >= 4 is 16.7 Å². The van der Waals surface area contributed by atoms with Crippen LogP contribution in [0.1, 0.15) is 15.9 Å². The summed E-state index contributed by atoms with van der Waals surface area (Å²) in [6.45, 7) is 1.10. The van der Waals surface area contributed by atoms with Crippen molar-refractivity contribution in [3.05, 3.63) is 103 Å². The van der Waals surface area contributed by atoms with Gasteiger partial charge in [0.2, 0.25) is 12.3 Å². The van der Waals surface area contributed by atoms with E-state index in [0.29, 0.717) is 6.54 Å². The second kappa shape index (κ2) is 8.27. The number of hydrogen-bond donors (Lipinski definition) is 0. The predicted molar refractivity (Wildman–Crippen MR) is 98.4 cm³/mol. The van der Waals surface area contributed by atoms with Gasteiger partial charge in [-0.1, -0.05) is 54.6 Å². The second-order valence-electron chi connectivity index (χ2n) is 6.14. The molecule has 4 heteroatoms. The van der Waals surface area contributed by atoms with Gasteiger partial charge < -0.3 is 28.5 Å². The highest BCUT2D eigenvalue weighted by Gasteiger charge is 2.18. The van der Waals surface area contributed by atoms with E-state index in [2.05, 4.69) is 22.8 Å². The van der Waals surface area contributed by atoms with Crippen molar-refractivity contribution in [3.8, 4) is 0 Å². The molecule has 0 unspecified atom stereocenters. The number of Topliss-reactive ketones (excluding diaryl/α,β-unsaturated/α-hetero) is 1.